The zero-order valence-corrected chi connectivity index (χ0v) is 19.9. The maximum atomic E-state index is 13.5. The van der Waals surface area contributed by atoms with Crippen LogP contribution in [0, 0.1) is 13.8 Å². The highest BCUT2D eigenvalue weighted by Gasteiger charge is 2.20. The van der Waals surface area contributed by atoms with Gasteiger partial charge in [-0.2, -0.15) is 0 Å². The van der Waals surface area contributed by atoms with Gasteiger partial charge in [-0.15, -0.1) is 10.2 Å². The van der Waals surface area contributed by atoms with Crippen molar-refractivity contribution in [3.05, 3.63) is 94.3 Å². The summed E-state index contributed by atoms with van der Waals surface area (Å²) < 4.78 is 3.47. The van der Waals surface area contributed by atoms with Crippen LogP contribution in [-0.2, 0) is 4.79 Å². The van der Waals surface area contributed by atoms with E-state index in [1.54, 1.807) is 16.5 Å². The van der Waals surface area contributed by atoms with E-state index in [9.17, 15) is 9.59 Å². The van der Waals surface area contributed by atoms with Crippen molar-refractivity contribution in [2.75, 3.05) is 17.7 Å². The van der Waals surface area contributed by atoms with Crippen LogP contribution in [0.15, 0.2) is 82.7 Å². The van der Waals surface area contributed by atoms with Crippen LogP contribution >= 0.6 is 11.8 Å². The van der Waals surface area contributed by atoms with Crippen molar-refractivity contribution < 1.29 is 4.79 Å². The minimum Gasteiger partial charge on any atom is -0.315 e. The van der Waals surface area contributed by atoms with Crippen LogP contribution in [0.25, 0.3) is 22.4 Å². The van der Waals surface area contributed by atoms with Gasteiger partial charge < -0.3 is 4.90 Å². The summed E-state index contributed by atoms with van der Waals surface area (Å²) in [5.74, 6) is 0.548. The molecule has 5 aromatic rings. The highest BCUT2D eigenvalue weighted by atomic mass is 32.2. The van der Waals surface area contributed by atoms with E-state index in [1.165, 1.54) is 11.8 Å². The van der Waals surface area contributed by atoms with E-state index in [2.05, 4.69) is 10.2 Å². The monoisotopic (exact) mass is 469 g/mol. The van der Waals surface area contributed by atoms with Crippen molar-refractivity contribution in [3.8, 4) is 5.69 Å². The molecule has 5 rings (SSSR count). The summed E-state index contributed by atoms with van der Waals surface area (Å²) in [4.78, 5) is 28.0. The average Bonchev–Trinajstić information content (AvgIpc) is 3.29. The smallest absolute Gasteiger partial charge is 0.267 e. The van der Waals surface area contributed by atoms with Gasteiger partial charge in [0.2, 0.25) is 11.7 Å². The molecule has 0 atom stereocenters. The zero-order valence-electron chi connectivity index (χ0n) is 19.1. The third kappa shape index (κ3) is 3.66. The van der Waals surface area contributed by atoms with Crippen LogP contribution < -0.4 is 10.5 Å². The van der Waals surface area contributed by atoms with Gasteiger partial charge in [0.05, 0.1) is 22.3 Å². The molecular weight excluding hydrogens is 446 g/mol. The number of rotatable bonds is 5. The molecule has 0 unspecified atom stereocenters. The van der Waals surface area contributed by atoms with Crippen molar-refractivity contribution in [2.24, 2.45) is 0 Å². The lowest BCUT2D eigenvalue weighted by molar-refractivity contribution is -0.115. The zero-order chi connectivity index (χ0) is 23.8. The Labute approximate surface area is 200 Å². The maximum absolute atomic E-state index is 13.5. The van der Waals surface area contributed by atoms with Gasteiger partial charge in [0, 0.05) is 12.7 Å². The summed E-state index contributed by atoms with van der Waals surface area (Å²) in [6, 6.07) is 22.8. The van der Waals surface area contributed by atoms with Gasteiger partial charge >= 0.3 is 0 Å². The van der Waals surface area contributed by atoms with Gasteiger partial charge in [-0.3, -0.25) is 14.0 Å². The fraction of sp³-hybridized carbons (Fsp3) is 0.154. The molecule has 0 fully saturated rings. The summed E-state index contributed by atoms with van der Waals surface area (Å²) in [7, 11) is 1.76. The molecule has 7 nitrogen and oxygen atoms in total. The number of aromatic nitrogens is 4. The molecule has 0 saturated heterocycles. The fourth-order valence-corrected chi connectivity index (χ4v) is 4.84. The number of para-hydroxylation sites is 2. The largest absolute Gasteiger partial charge is 0.315 e. The van der Waals surface area contributed by atoms with E-state index in [0.717, 1.165) is 22.5 Å². The molecule has 0 saturated carbocycles. The summed E-state index contributed by atoms with van der Waals surface area (Å²) in [6.45, 7) is 4.01. The molecule has 0 spiro atoms. The Morgan fingerprint density at radius 2 is 1.68 bits per heavy atom. The molecule has 0 radical (unpaired) electrons. The van der Waals surface area contributed by atoms with Gasteiger partial charge in [0.1, 0.15) is 0 Å². The predicted octanol–water partition coefficient (Wildman–Crippen LogP) is 4.41. The minimum atomic E-state index is -0.152. The first-order valence-corrected chi connectivity index (χ1v) is 11.9. The second-order valence-corrected chi connectivity index (χ2v) is 9.01. The fourth-order valence-electron chi connectivity index (χ4n) is 3.99. The Balaban J connectivity index is 1.61. The highest BCUT2D eigenvalue weighted by molar-refractivity contribution is 7.99. The molecule has 8 heteroatoms. The number of nitrogens with zero attached hydrogens (tertiary/aromatic N) is 5. The van der Waals surface area contributed by atoms with Gasteiger partial charge in [-0.05, 0) is 55.3 Å². The molecule has 0 aliphatic carbocycles. The second-order valence-electron chi connectivity index (χ2n) is 8.07. The standard InChI is InChI=1S/C26H23N5O2S/c1-17-10-9-15-21(18(17)2)30-24(33)20-13-7-8-14-22(20)31-25(30)27-28-26(31)34-16-23(32)29(3)19-11-5-4-6-12-19/h4-15H,16H2,1-3H3. The Kier molecular flexibility index (Phi) is 5.67. The Hall–Kier alpha value is -3.91. The van der Waals surface area contributed by atoms with E-state index in [4.69, 9.17) is 0 Å². The number of hydrogen-bond acceptors (Lipinski definition) is 5. The van der Waals surface area contributed by atoms with Gasteiger partial charge in [0.15, 0.2) is 5.16 Å². The van der Waals surface area contributed by atoms with Crippen LogP contribution in [0.3, 0.4) is 0 Å². The van der Waals surface area contributed by atoms with Crippen molar-refractivity contribution in [1.29, 1.82) is 0 Å². The maximum Gasteiger partial charge on any atom is 0.267 e. The highest BCUT2D eigenvalue weighted by Crippen LogP contribution is 2.25. The van der Waals surface area contributed by atoms with E-state index < -0.39 is 0 Å². The van der Waals surface area contributed by atoms with E-state index in [0.29, 0.717) is 21.8 Å². The summed E-state index contributed by atoms with van der Waals surface area (Å²) in [5.41, 5.74) is 4.23. The Morgan fingerprint density at radius 1 is 0.941 bits per heavy atom. The Morgan fingerprint density at radius 3 is 2.47 bits per heavy atom. The summed E-state index contributed by atoms with van der Waals surface area (Å²) in [5, 5.41) is 9.88. The van der Waals surface area contributed by atoms with E-state index in [1.807, 2.05) is 91.0 Å². The predicted molar refractivity (Wildman–Crippen MR) is 136 cm³/mol. The molecule has 0 aliphatic heterocycles. The van der Waals surface area contributed by atoms with Gasteiger partial charge in [-0.1, -0.05) is 54.2 Å². The first kappa shape index (κ1) is 21.9. The number of carbonyl (C=O) groups excluding carboxylic acids is 1. The number of thioether (sulfide) groups is 1. The quantitative estimate of drug-likeness (QED) is 0.357. The average molecular weight is 470 g/mol. The Bertz CT molecular complexity index is 1590. The van der Waals surface area contributed by atoms with Crippen molar-refractivity contribution in [1.82, 2.24) is 19.2 Å². The lowest BCUT2D eigenvalue weighted by Crippen LogP contribution is -2.28. The van der Waals surface area contributed by atoms with Crippen LogP contribution in [0.4, 0.5) is 5.69 Å². The molecule has 34 heavy (non-hydrogen) atoms. The topological polar surface area (TPSA) is 72.5 Å². The van der Waals surface area contributed by atoms with Crippen LogP contribution in [0.1, 0.15) is 11.1 Å². The van der Waals surface area contributed by atoms with E-state index in [-0.39, 0.29) is 17.2 Å². The molecule has 2 aromatic heterocycles. The number of fused-ring (bicyclic) bond motifs is 3. The van der Waals surface area contributed by atoms with Gasteiger partial charge in [-0.25, -0.2) is 4.57 Å². The molecule has 0 aliphatic rings. The first-order valence-electron chi connectivity index (χ1n) is 10.9. The molecular formula is C26H23N5O2S. The minimum absolute atomic E-state index is 0.0555. The molecule has 0 bridgehead atoms. The van der Waals surface area contributed by atoms with Gasteiger partial charge in [0.25, 0.3) is 5.56 Å². The van der Waals surface area contributed by atoms with Crippen molar-refractivity contribution >= 4 is 40.0 Å². The lowest BCUT2D eigenvalue weighted by Gasteiger charge is -2.17. The number of hydrogen-bond donors (Lipinski definition) is 0. The molecule has 0 N–H and O–H groups in total. The number of carbonyl (C=O) groups is 1. The lowest BCUT2D eigenvalue weighted by atomic mass is 10.1. The second kappa shape index (κ2) is 8.79. The van der Waals surface area contributed by atoms with Crippen molar-refractivity contribution in [3.63, 3.8) is 0 Å². The van der Waals surface area contributed by atoms with Crippen LogP contribution in [0.2, 0.25) is 0 Å². The summed E-state index contributed by atoms with van der Waals surface area (Å²) in [6.07, 6.45) is 0. The molecule has 1 amide bonds. The van der Waals surface area contributed by atoms with Crippen molar-refractivity contribution in [2.45, 2.75) is 19.0 Å². The molecule has 2 heterocycles. The third-order valence-electron chi connectivity index (χ3n) is 6.05. The number of amides is 1. The van der Waals surface area contributed by atoms with Crippen LogP contribution in [0.5, 0.6) is 0 Å². The molecule has 3 aromatic carbocycles. The summed E-state index contributed by atoms with van der Waals surface area (Å²) >= 11 is 1.30. The van der Waals surface area contributed by atoms with E-state index >= 15 is 0 Å². The first-order chi connectivity index (χ1) is 16.5. The number of anilines is 1. The van der Waals surface area contributed by atoms with Crippen LogP contribution in [-0.4, -0.2) is 37.9 Å². The third-order valence-corrected chi connectivity index (χ3v) is 6.97. The normalized spacial score (nSPS) is 11.3. The number of benzene rings is 3. The SMILES string of the molecule is Cc1cccc(-n2c(=O)c3ccccc3n3c(SCC(=O)N(C)c4ccccc4)nnc23)c1C. The number of aryl methyl sites for hydroxylation is 1. The molecule has 170 valence electrons.